The Labute approximate surface area is 106 Å². The molecule has 1 aromatic rings. The molecule has 2 unspecified atom stereocenters. The van der Waals surface area contributed by atoms with Crippen molar-refractivity contribution in [1.29, 1.82) is 0 Å². The van der Waals surface area contributed by atoms with E-state index in [4.69, 9.17) is 0 Å². The van der Waals surface area contributed by atoms with Gasteiger partial charge in [0.2, 0.25) is 0 Å². The van der Waals surface area contributed by atoms with Gasteiger partial charge in [0.15, 0.2) is 0 Å². The summed E-state index contributed by atoms with van der Waals surface area (Å²) in [4.78, 5) is 2.61. The number of hydrogen-bond donors (Lipinski definition) is 0. The Hall–Kier alpha value is -0.340. The minimum absolute atomic E-state index is 0.793. The van der Waals surface area contributed by atoms with Crippen LogP contribution in [0.5, 0.6) is 0 Å². The minimum atomic E-state index is 0.793. The fourth-order valence-corrected chi connectivity index (χ4v) is 3.68. The lowest BCUT2D eigenvalue weighted by Gasteiger charge is -2.36. The SMILES string of the molecule is CN1C2CCC1CC(c1ccc(Br)cc1)C2. The first kappa shape index (κ1) is 10.8. The molecule has 0 radical (unpaired) electrons. The van der Waals surface area contributed by atoms with Crippen molar-refractivity contribution in [2.24, 2.45) is 0 Å². The Morgan fingerprint density at radius 3 is 2.19 bits per heavy atom. The lowest BCUT2D eigenvalue weighted by atomic mass is 9.85. The Morgan fingerprint density at radius 2 is 1.62 bits per heavy atom. The van der Waals surface area contributed by atoms with E-state index in [1.165, 1.54) is 35.7 Å². The molecule has 0 amide bonds. The van der Waals surface area contributed by atoms with Crippen LogP contribution in [0.2, 0.25) is 0 Å². The second-order valence-corrected chi connectivity index (χ2v) is 6.19. The first-order chi connectivity index (χ1) is 7.74. The van der Waals surface area contributed by atoms with Crippen LogP contribution in [0.15, 0.2) is 28.7 Å². The quantitative estimate of drug-likeness (QED) is 0.756. The number of rotatable bonds is 1. The molecule has 86 valence electrons. The molecule has 2 fully saturated rings. The highest BCUT2D eigenvalue weighted by Gasteiger charge is 2.38. The van der Waals surface area contributed by atoms with Crippen molar-refractivity contribution in [2.75, 3.05) is 7.05 Å². The number of nitrogens with zero attached hydrogens (tertiary/aromatic N) is 1. The molecule has 2 bridgehead atoms. The molecule has 2 aliphatic heterocycles. The minimum Gasteiger partial charge on any atom is -0.300 e. The van der Waals surface area contributed by atoms with Crippen LogP contribution in [0.3, 0.4) is 0 Å². The van der Waals surface area contributed by atoms with Crippen molar-refractivity contribution < 1.29 is 0 Å². The lowest BCUT2D eigenvalue weighted by Crippen LogP contribution is -2.39. The number of piperidine rings is 1. The fraction of sp³-hybridized carbons (Fsp3) is 0.571. The third-order valence-electron chi connectivity index (χ3n) is 4.44. The normalized spacial score (nSPS) is 34.2. The summed E-state index contributed by atoms with van der Waals surface area (Å²) in [6, 6.07) is 10.6. The zero-order valence-corrected chi connectivity index (χ0v) is 11.3. The van der Waals surface area contributed by atoms with Crippen LogP contribution in [0.4, 0.5) is 0 Å². The molecule has 1 nitrogen and oxygen atoms in total. The average molecular weight is 280 g/mol. The van der Waals surface area contributed by atoms with E-state index in [2.05, 4.69) is 52.1 Å². The molecule has 1 aromatic carbocycles. The van der Waals surface area contributed by atoms with E-state index in [-0.39, 0.29) is 0 Å². The maximum atomic E-state index is 3.51. The van der Waals surface area contributed by atoms with Gasteiger partial charge in [0.25, 0.3) is 0 Å². The molecule has 2 heterocycles. The van der Waals surface area contributed by atoms with Gasteiger partial charge in [-0.3, -0.25) is 0 Å². The zero-order chi connectivity index (χ0) is 11.1. The van der Waals surface area contributed by atoms with Gasteiger partial charge < -0.3 is 4.90 Å². The Morgan fingerprint density at radius 1 is 1.06 bits per heavy atom. The van der Waals surface area contributed by atoms with E-state index in [1.54, 1.807) is 0 Å². The maximum Gasteiger partial charge on any atom is 0.0175 e. The largest absolute Gasteiger partial charge is 0.300 e. The molecule has 0 saturated carbocycles. The third-order valence-corrected chi connectivity index (χ3v) is 4.97. The summed E-state index contributed by atoms with van der Waals surface area (Å²) in [5, 5.41) is 0. The van der Waals surface area contributed by atoms with Gasteiger partial charge in [0.1, 0.15) is 0 Å². The number of benzene rings is 1. The summed E-state index contributed by atoms with van der Waals surface area (Å²) in [6.45, 7) is 0. The molecule has 2 heteroatoms. The summed E-state index contributed by atoms with van der Waals surface area (Å²) in [5.74, 6) is 0.793. The Balaban J connectivity index is 1.80. The van der Waals surface area contributed by atoms with E-state index in [1.807, 2.05) is 0 Å². The van der Waals surface area contributed by atoms with Crippen LogP contribution in [0.25, 0.3) is 0 Å². The smallest absolute Gasteiger partial charge is 0.0175 e. The van der Waals surface area contributed by atoms with Crippen molar-refractivity contribution in [3.63, 3.8) is 0 Å². The van der Waals surface area contributed by atoms with Gasteiger partial charge in [-0.25, -0.2) is 0 Å². The molecule has 2 aliphatic rings. The van der Waals surface area contributed by atoms with Gasteiger partial charge in [0, 0.05) is 16.6 Å². The predicted octanol–water partition coefficient (Wildman–Crippen LogP) is 3.79. The third kappa shape index (κ3) is 1.82. The number of fused-ring (bicyclic) bond motifs is 2. The highest BCUT2D eigenvalue weighted by molar-refractivity contribution is 9.10. The second-order valence-electron chi connectivity index (χ2n) is 5.27. The monoisotopic (exact) mass is 279 g/mol. The van der Waals surface area contributed by atoms with Crippen molar-refractivity contribution in [3.8, 4) is 0 Å². The maximum absolute atomic E-state index is 3.51. The summed E-state index contributed by atoms with van der Waals surface area (Å²) >= 11 is 3.51. The molecular weight excluding hydrogens is 262 g/mol. The first-order valence-corrected chi connectivity index (χ1v) is 7.01. The standard InChI is InChI=1S/C14H18BrN/c1-16-13-6-7-14(16)9-11(8-13)10-2-4-12(15)5-3-10/h2-5,11,13-14H,6-9H2,1H3. The van der Waals surface area contributed by atoms with E-state index in [0.717, 1.165) is 18.0 Å². The zero-order valence-electron chi connectivity index (χ0n) is 9.70. The van der Waals surface area contributed by atoms with Crippen LogP contribution in [0.1, 0.15) is 37.2 Å². The Bertz CT molecular complexity index is 359. The number of halogens is 1. The first-order valence-electron chi connectivity index (χ1n) is 6.21. The van der Waals surface area contributed by atoms with Crippen LogP contribution in [-0.2, 0) is 0 Å². The van der Waals surface area contributed by atoms with Crippen molar-refractivity contribution in [2.45, 2.75) is 43.7 Å². The molecule has 2 atom stereocenters. The van der Waals surface area contributed by atoms with Crippen LogP contribution < -0.4 is 0 Å². The van der Waals surface area contributed by atoms with Gasteiger partial charge in [0.05, 0.1) is 0 Å². The molecule has 0 aromatic heterocycles. The summed E-state index contributed by atoms with van der Waals surface area (Å²) in [5.41, 5.74) is 1.54. The second kappa shape index (κ2) is 4.15. The van der Waals surface area contributed by atoms with Crippen molar-refractivity contribution >= 4 is 15.9 Å². The molecule has 0 spiro atoms. The topological polar surface area (TPSA) is 3.24 Å². The molecule has 3 rings (SSSR count). The van der Waals surface area contributed by atoms with Crippen LogP contribution in [-0.4, -0.2) is 24.0 Å². The highest BCUT2D eigenvalue weighted by Crippen LogP contribution is 2.42. The Kier molecular flexibility index (Phi) is 2.80. The highest BCUT2D eigenvalue weighted by atomic mass is 79.9. The van der Waals surface area contributed by atoms with Crippen molar-refractivity contribution in [1.82, 2.24) is 4.90 Å². The van der Waals surface area contributed by atoms with E-state index < -0.39 is 0 Å². The van der Waals surface area contributed by atoms with Gasteiger partial charge in [-0.15, -0.1) is 0 Å². The van der Waals surface area contributed by atoms with Crippen LogP contribution >= 0.6 is 15.9 Å². The van der Waals surface area contributed by atoms with Gasteiger partial charge in [-0.2, -0.15) is 0 Å². The molecule has 0 N–H and O–H groups in total. The van der Waals surface area contributed by atoms with Gasteiger partial charge in [-0.1, -0.05) is 28.1 Å². The van der Waals surface area contributed by atoms with E-state index in [0.29, 0.717) is 0 Å². The fourth-order valence-electron chi connectivity index (χ4n) is 3.42. The summed E-state index contributed by atoms with van der Waals surface area (Å²) in [7, 11) is 2.31. The molecule has 16 heavy (non-hydrogen) atoms. The van der Waals surface area contributed by atoms with Crippen molar-refractivity contribution in [3.05, 3.63) is 34.3 Å². The molecular formula is C14H18BrN. The summed E-state index contributed by atoms with van der Waals surface area (Å²) < 4.78 is 1.19. The van der Waals surface area contributed by atoms with Gasteiger partial charge >= 0.3 is 0 Å². The van der Waals surface area contributed by atoms with E-state index >= 15 is 0 Å². The molecule has 2 saturated heterocycles. The lowest BCUT2D eigenvalue weighted by molar-refractivity contribution is 0.161. The molecule has 0 aliphatic carbocycles. The van der Waals surface area contributed by atoms with Gasteiger partial charge in [-0.05, 0) is 56.3 Å². The van der Waals surface area contributed by atoms with Crippen LogP contribution in [0, 0.1) is 0 Å². The van der Waals surface area contributed by atoms with E-state index in [9.17, 15) is 0 Å². The predicted molar refractivity (Wildman–Crippen MR) is 70.7 cm³/mol. The number of hydrogen-bond acceptors (Lipinski definition) is 1. The average Bonchev–Trinajstić information content (AvgIpc) is 2.54. The summed E-state index contributed by atoms with van der Waals surface area (Å²) in [6.07, 6.45) is 5.53.